The molecule has 0 radical (unpaired) electrons. The Morgan fingerprint density at radius 3 is 2.38 bits per heavy atom. The molecule has 1 saturated heterocycles. The van der Waals surface area contributed by atoms with Gasteiger partial charge in [0.2, 0.25) is 5.91 Å². The molecule has 1 heterocycles. The second-order valence-corrected chi connectivity index (χ2v) is 6.45. The number of halogens is 1. The van der Waals surface area contributed by atoms with E-state index < -0.39 is 0 Å². The predicted molar refractivity (Wildman–Crippen MR) is 89.7 cm³/mol. The number of unbranched alkanes of at least 4 members (excludes halogenated alkanes) is 3. The van der Waals surface area contributed by atoms with Gasteiger partial charge in [0.1, 0.15) is 0 Å². The Hall–Kier alpha value is -0.320. The van der Waals surface area contributed by atoms with Crippen molar-refractivity contribution >= 4 is 18.3 Å². The Morgan fingerprint density at radius 1 is 1.19 bits per heavy atom. The highest BCUT2D eigenvalue weighted by Gasteiger charge is 2.38. The summed E-state index contributed by atoms with van der Waals surface area (Å²) in [6, 6.07) is 0. The molecular weight excluding hydrogens is 288 g/mol. The third-order valence-electron chi connectivity index (χ3n) is 4.32. The smallest absolute Gasteiger partial charge is 0.227 e. The summed E-state index contributed by atoms with van der Waals surface area (Å²) in [7, 11) is 0. The summed E-state index contributed by atoms with van der Waals surface area (Å²) in [5.41, 5.74) is 5.44. The summed E-state index contributed by atoms with van der Waals surface area (Å²) >= 11 is 0. The number of hydrogen-bond acceptors (Lipinski definition) is 3. The lowest BCUT2D eigenvalue weighted by Gasteiger charge is -2.34. The summed E-state index contributed by atoms with van der Waals surface area (Å²) in [4.78, 5) is 12.3. The van der Waals surface area contributed by atoms with Gasteiger partial charge in [0.05, 0.1) is 5.41 Å². The normalized spacial score (nSPS) is 17.3. The van der Waals surface area contributed by atoms with E-state index in [1.54, 1.807) is 0 Å². The molecule has 1 rings (SSSR count). The van der Waals surface area contributed by atoms with Gasteiger partial charge in [-0.3, -0.25) is 4.79 Å². The third kappa shape index (κ3) is 7.48. The molecule has 0 aromatic carbocycles. The Bertz CT molecular complexity index is 279. The van der Waals surface area contributed by atoms with Crippen LogP contribution in [0.3, 0.4) is 0 Å². The fraction of sp³-hybridized carbons (Fsp3) is 0.938. The molecule has 0 aromatic heterocycles. The first-order valence-electron chi connectivity index (χ1n) is 8.17. The van der Waals surface area contributed by atoms with Gasteiger partial charge < -0.3 is 15.8 Å². The lowest BCUT2D eigenvalue weighted by Crippen LogP contribution is -2.49. The van der Waals surface area contributed by atoms with Crippen molar-refractivity contribution in [2.45, 2.75) is 58.8 Å². The van der Waals surface area contributed by atoms with Gasteiger partial charge in [0.25, 0.3) is 0 Å². The summed E-state index contributed by atoms with van der Waals surface area (Å²) in [5.74, 6) is 0.929. The van der Waals surface area contributed by atoms with Gasteiger partial charge in [-0.2, -0.15) is 0 Å². The Kier molecular flexibility index (Phi) is 11.1. The zero-order chi connectivity index (χ0) is 14.8. The molecular formula is C16H33ClN2O2. The van der Waals surface area contributed by atoms with E-state index in [2.05, 4.69) is 19.2 Å². The maximum absolute atomic E-state index is 12.3. The summed E-state index contributed by atoms with van der Waals surface area (Å²) in [6.07, 6.45) is 7.66. The van der Waals surface area contributed by atoms with Crippen molar-refractivity contribution in [2.75, 3.05) is 26.3 Å². The standard InChI is InChI=1S/C16H32N2O2.ClH/c1-14(2)7-5-3-4-6-10-18-15(19)16(13-17)8-11-20-12-9-16;/h14H,3-13,17H2,1-2H3,(H,18,19);1H. The highest BCUT2D eigenvalue weighted by Crippen LogP contribution is 2.29. The minimum Gasteiger partial charge on any atom is -0.381 e. The van der Waals surface area contributed by atoms with Crippen LogP contribution in [-0.2, 0) is 9.53 Å². The molecule has 0 unspecified atom stereocenters. The van der Waals surface area contributed by atoms with Crippen LogP contribution in [0.5, 0.6) is 0 Å². The molecule has 0 saturated carbocycles. The van der Waals surface area contributed by atoms with Crippen LogP contribution in [-0.4, -0.2) is 32.2 Å². The molecule has 1 aliphatic rings. The molecule has 21 heavy (non-hydrogen) atoms. The topological polar surface area (TPSA) is 64.4 Å². The van der Waals surface area contributed by atoms with Crippen molar-refractivity contribution in [1.82, 2.24) is 5.32 Å². The molecule has 0 atom stereocenters. The van der Waals surface area contributed by atoms with Crippen molar-refractivity contribution < 1.29 is 9.53 Å². The van der Waals surface area contributed by atoms with Crippen molar-refractivity contribution in [3.8, 4) is 0 Å². The van der Waals surface area contributed by atoms with Crippen LogP contribution in [0.15, 0.2) is 0 Å². The summed E-state index contributed by atoms with van der Waals surface area (Å²) < 4.78 is 5.33. The fourth-order valence-electron chi connectivity index (χ4n) is 2.71. The average molecular weight is 321 g/mol. The van der Waals surface area contributed by atoms with Crippen LogP contribution >= 0.6 is 12.4 Å². The SMILES string of the molecule is CC(C)CCCCCCNC(=O)C1(CN)CCOCC1.Cl. The lowest BCUT2D eigenvalue weighted by atomic mass is 9.79. The van der Waals surface area contributed by atoms with E-state index in [9.17, 15) is 4.79 Å². The zero-order valence-electron chi connectivity index (χ0n) is 13.7. The van der Waals surface area contributed by atoms with Gasteiger partial charge in [-0.25, -0.2) is 0 Å². The van der Waals surface area contributed by atoms with Gasteiger partial charge >= 0.3 is 0 Å². The van der Waals surface area contributed by atoms with Gasteiger partial charge in [0.15, 0.2) is 0 Å². The molecule has 4 nitrogen and oxygen atoms in total. The number of carbonyl (C=O) groups is 1. The molecule has 1 aliphatic heterocycles. The van der Waals surface area contributed by atoms with Crippen molar-refractivity contribution in [3.05, 3.63) is 0 Å². The highest BCUT2D eigenvalue weighted by molar-refractivity contribution is 5.85. The van der Waals surface area contributed by atoms with Crippen molar-refractivity contribution in [3.63, 3.8) is 0 Å². The molecule has 0 aliphatic carbocycles. The first-order valence-corrected chi connectivity index (χ1v) is 8.17. The number of nitrogens with two attached hydrogens (primary N) is 1. The predicted octanol–water partition coefficient (Wildman–Crippen LogP) is 2.89. The Morgan fingerprint density at radius 2 is 1.81 bits per heavy atom. The van der Waals surface area contributed by atoms with E-state index >= 15 is 0 Å². The quantitative estimate of drug-likeness (QED) is 0.642. The van der Waals surface area contributed by atoms with Crippen LogP contribution in [0.4, 0.5) is 0 Å². The second-order valence-electron chi connectivity index (χ2n) is 6.45. The lowest BCUT2D eigenvalue weighted by molar-refractivity contribution is -0.135. The van der Waals surface area contributed by atoms with Gasteiger partial charge in [-0.05, 0) is 25.2 Å². The van der Waals surface area contributed by atoms with Gasteiger partial charge in [-0.1, -0.05) is 39.5 Å². The summed E-state index contributed by atoms with van der Waals surface area (Å²) in [5, 5.41) is 3.07. The molecule has 1 amide bonds. The molecule has 5 heteroatoms. The Labute approximate surface area is 136 Å². The number of nitrogens with one attached hydrogen (secondary N) is 1. The first kappa shape index (κ1) is 20.7. The van der Waals surface area contributed by atoms with Crippen LogP contribution in [0.25, 0.3) is 0 Å². The van der Waals surface area contributed by atoms with Gasteiger partial charge in [-0.15, -0.1) is 12.4 Å². The molecule has 1 fully saturated rings. The molecule has 0 aromatic rings. The van der Waals surface area contributed by atoms with Crippen LogP contribution in [0, 0.1) is 11.3 Å². The number of carbonyl (C=O) groups excluding carboxylic acids is 1. The molecule has 0 bridgehead atoms. The number of rotatable bonds is 9. The monoisotopic (exact) mass is 320 g/mol. The van der Waals surface area contributed by atoms with Crippen molar-refractivity contribution in [1.29, 1.82) is 0 Å². The first-order chi connectivity index (χ1) is 9.60. The number of hydrogen-bond donors (Lipinski definition) is 2. The van der Waals surface area contributed by atoms with Gasteiger partial charge in [0, 0.05) is 26.3 Å². The Balaban J connectivity index is 0.00000400. The number of amides is 1. The van der Waals surface area contributed by atoms with Crippen LogP contribution < -0.4 is 11.1 Å². The van der Waals surface area contributed by atoms with E-state index in [1.807, 2.05) is 0 Å². The van der Waals surface area contributed by atoms with E-state index in [-0.39, 0.29) is 23.7 Å². The third-order valence-corrected chi connectivity index (χ3v) is 4.32. The zero-order valence-corrected chi connectivity index (χ0v) is 14.5. The van der Waals surface area contributed by atoms with Crippen LogP contribution in [0.2, 0.25) is 0 Å². The maximum Gasteiger partial charge on any atom is 0.227 e. The van der Waals surface area contributed by atoms with Crippen molar-refractivity contribution in [2.24, 2.45) is 17.1 Å². The molecule has 0 spiro atoms. The van der Waals surface area contributed by atoms with E-state index in [0.29, 0.717) is 19.8 Å². The molecule has 3 N–H and O–H groups in total. The fourth-order valence-corrected chi connectivity index (χ4v) is 2.71. The average Bonchev–Trinajstić information content (AvgIpc) is 2.46. The van der Waals surface area contributed by atoms with Crippen LogP contribution in [0.1, 0.15) is 58.8 Å². The molecule has 126 valence electrons. The largest absolute Gasteiger partial charge is 0.381 e. The number of ether oxygens (including phenoxy) is 1. The van der Waals surface area contributed by atoms with E-state index in [0.717, 1.165) is 31.7 Å². The minimum absolute atomic E-state index is 0. The second kappa shape index (κ2) is 11.3. The van der Waals surface area contributed by atoms with E-state index in [4.69, 9.17) is 10.5 Å². The minimum atomic E-state index is -0.379. The summed E-state index contributed by atoms with van der Waals surface area (Å²) in [6.45, 7) is 7.04. The maximum atomic E-state index is 12.3. The van der Waals surface area contributed by atoms with E-state index in [1.165, 1.54) is 25.7 Å². The highest BCUT2D eigenvalue weighted by atomic mass is 35.5.